The first-order valence-corrected chi connectivity index (χ1v) is 11.3. The number of benzene rings is 2. The summed E-state index contributed by atoms with van der Waals surface area (Å²) in [4.78, 5) is 25.5. The van der Waals surface area contributed by atoms with E-state index in [2.05, 4.69) is 4.74 Å². The first kappa shape index (κ1) is 25.4. The Hall–Kier alpha value is -3.20. The molecule has 2 aromatic carbocycles. The van der Waals surface area contributed by atoms with Gasteiger partial charge in [-0.3, -0.25) is 0 Å². The molecule has 0 aliphatic heterocycles. The summed E-state index contributed by atoms with van der Waals surface area (Å²) < 4.78 is 53.5. The molecule has 9 heteroatoms. The van der Waals surface area contributed by atoms with Crippen LogP contribution in [0.4, 0.5) is 18.0 Å². The van der Waals surface area contributed by atoms with E-state index in [0.29, 0.717) is 16.2 Å². The third kappa shape index (κ3) is 6.02. The van der Waals surface area contributed by atoms with Crippen LogP contribution in [0.5, 0.6) is 5.75 Å². The lowest BCUT2D eigenvalue weighted by atomic mass is 9.94. The quantitative estimate of drug-likeness (QED) is 0.281. The van der Waals surface area contributed by atoms with Crippen LogP contribution in [-0.2, 0) is 17.3 Å². The van der Waals surface area contributed by atoms with E-state index in [1.54, 1.807) is 0 Å². The monoisotopic (exact) mass is 492 g/mol. The molecule has 0 atom stereocenters. The molecule has 5 nitrogen and oxygen atoms in total. The summed E-state index contributed by atoms with van der Waals surface area (Å²) in [7, 11) is 1.16. The smallest absolute Gasteiger partial charge is 0.437 e. The number of hydrogen-bond donors (Lipinski definition) is 0. The minimum Gasteiger partial charge on any atom is -0.437 e. The third-order valence-electron chi connectivity index (χ3n) is 5.05. The van der Waals surface area contributed by atoms with E-state index in [1.165, 1.54) is 30.0 Å². The van der Waals surface area contributed by atoms with Crippen molar-refractivity contribution in [3.8, 4) is 16.9 Å². The number of halogens is 3. The fourth-order valence-corrected chi connectivity index (χ4v) is 4.53. The second-order valence-corrected chi connectivity index (χ2v) is 8.86. The summed E-state index contributed by atoms with van der Waals surface area (Å²) in [6.45, 7) is 5.65. The van der Waals surface area contributed by atoms with Gasteiger partial charge in [0, 0.05) is 23.1 Å². The molecule has 0 aliphatic carbocycles. The standard InChI is InChI=1S/C25H23F3O5S/c1-14-11-15(2)21(16(3)12-14)22-20(33-24(30)31-4)13-18(32-23(22)29)9-10-34-19-7-5-17(6-8-19)25(26,27)28/h5-8,11-13H,9-10H2,1-4H3. The molecule has 0 saturated carbocycles. The molecule has 3 rings (SSSR count). The Labute approximate surface area is 198 Å². The highest BCUT2D eigenvalue weighted by Gasteiger charge is 2.30. The maximum atomic E-state index is 13.0. The van der Waals surface area contributed by atoms with Crippen LogP contribution >= 0.6 is 11.8 Å². The molecular weight excluding hydrogens is 469 g/mol. The van der Waals surface area contributed by atoms with Crippen molar-refractivity contribution in [1.29, 1.82) is 0 Å². The molecule has 3 aromatic rings. The summed E-state index contributed by atoms with van der Waals surface area (Å²) in [6.07, 6.45) is -5.08. The lowest BCUT2D eigenvalue weighted by Crippen LogP contribution is -2.14. The van der Waals surface area contributed by atoms with E-state index in [1.807, 2.05) is 32.9 Å². The van der Waals surface area contributed by atoms with Crippen LogP contribution in [0.2, 0.25) is 0 Å². The van der Waals surface area contributed by atoms with Crippen molar-refractivity contribution in [2.24, 2.45) is 0 Å². The van der Waals surface area contributed by atoms with Crippen molar-refractivity contribution in [2.45, 2.75) is 38.3 Å². The summed E-state index contributed by atoms with van der Waals surface area (Å²) in [5.74, 6) is 0.718. The van der Waals surface area contributed by atoms with Crippen LogP contribution in [-0.4, -0.2) is 19.0 Å². The molecular formula is C25H23F3O5S. The number of ether oxygens (including phenoxy) is 2. The molecule has 0 radical (unpaired) electrons. The Kier molecular flexibility index (Phi) is 7.76. The van der Waals surface area contributed by atoms with Gasteiger partial charge in [0.15, 0.2) is 5.75 Å². The summed E-state index contributed by atoms with van der Waals surface area (Å²) in [5.41, 5.74) is 2.03. The number of methoxy groups -OCH3 is 1. The molecule has 0 spiro atoms. The van der Waals surface area contributed by atoms with Gasteiger partial charge in [-0.2, -0.15) is 13.2 Å². The Balaban J connectivity index is 1.87. The minimum atomic E-state index is -4.39. The molecule has 0 amide bonds. The largest absolute Gasteiger partial charge is 0.513 e. The second-order valence-electron chi connectivity index (χ2n) is 7.69. The molecule has 0 unspecified atom stereocenters. The summed E-state index contributed by atoms with van der Waals surface area (Å²) in [5, 5.41) is 0. The van der Waals surface area contributed by atoms with Crippen LogP contribution in [0.1, 0.15) is 28.0 Å². The van der Waals surface area contributed by atoms with Gasteiger partial charge in [0.1, 0.15) is 11.3 Å². The van der Waals surface area contributed by atoms with E-state index >= 15 is 0 Å². The van der Waals surface area contributed by atoms with E-state index in [0.717, 1.165) is 35.9 Å². The average Bonchev–Trinajstić information content (AvgIpc) is 2.74. The van der Waals surface area contributed by atoms with Crippen molar-refractivity contribution in [1.82, 2.24) is 0 Å². The molecule has 34 heavy (non-hydrogen) atoms. The number of hydrogen-bond acceptors (Lipinski definition) is 6. The van der Waals surface area contributed by atoms with Gasteiger partial charge in [0.25, 0.3) is 0 Å². The van der Waals surface area contributed by atoms with Gasteiger partial charge in [0.05, 0.1) is 12.7 Å². The fraction of sp³-hybridized carbons (Fsp3) is 0.280. The minimum absolute atomic E-state index is 0.0210. The fourth-order valence-electron chi connectivity index (χ4n) is 3.66. The third-order valence-corrected chi connectivity index (χ3v) is 6.07. The van der Waals surface area contributed by atoms with Gasteiger partial charge in [-0.25, -0.2) is 9.59 Å². The van der Waals surface area contributed by atoms with Gasteiger partial charge in [-0.1, -0.05) is 17.7 Å². The molecule has 0 bridgehead atoms. The summed E-state index contributed by atoms with van der Waals surface area (Å²) in [6, 6.07) is 10.1. The Morgan fingerprint density at radius 1 is 1.00 bits per heavy atom. The molecule has 1 heterocycles. The van der Waals surface area contributed by atoms with Crippen molar-refractivity contribution in [3.63, 3.8) is 0 Å². The number of thioether (sulfide) groups is 1. The van der Waals surface area contributed by atoms with Crippen LogP contribution in [0.3, 0.4) is 0 Å². The topological polar surface area (TPSA) is 65.7 Å². The predicted molar refractivity (Wildman–Crippen MR) is 124 cm³/mol. The zero-order valence-electron chi connectivity index (χ0n) is 19.0. The van der Waals surface area contributed by atoms with Crippen molar-refractivity contribution >= 4 is 17.9 Å². The number of carbonyl (C=O) groups excluding carboxylic acids is 1. The van der Waals surface area contributed by atoms with Crippen LogP contribution in [0.15, 0.2) is 56.6 Å². The van der Waals surface area contributed by atoms with Gasteiger partial charge in [0.2, 0.25) is 0 Å². The SMILES string of the molecule is COC(=O)Oc1cc(CCSc2ccc(C(F)(F)F)cc2)oc(=O)c1-c1c(C)cc(C)cc1C. The number of carbonyl (C=O) groups is 1. The summed E-state index contributed by atoms with van der Waals surface area (Å²) >= 11 is 1.31. The molecule has 0 fully saturated rings. The van der Waals surface area contributed by atoms with Crippen molar-refractivity contribution < 1.29 is 31.9 Å². The van der Waals surface area contributed by atoms with Crippen LogP contribution < -0.4 is 10.4 Å². The molecule has 0 N–H and O–H groups in total. The van der Waals surface area contributed by atoms with Crippen molar-refractivity contribution in [2.75, 3.05) is 12.9 Å². The van der Waals surface area contributed by atoms with Crippen molar-refractivity contribution in [3.05, 3.63) is 80.9 Å². The van der Waals surface area contributed by atoms with Gasteiger partial charge in [-0.15, -0.1) is 11.8 Å². The lowest BCUT2D eigenvalue weighted by molar-refractivity contribution is -0.137. The first-order chi connectivity index (χ1) is 16.0. The maximum absolute atomic E-state index is 13.0. The highest BCUT2D eigenvalue weighted by molar-refractivity contribution is 7.99. The van der Waals surface area contributed by atoms with Gasteiger partial charge >= 0.3 is 18.0 Å². The molecule has 0 saturated heterocycles. The molecule has 1 aromatic heterocycles. The first-order valence-electron chi connectivity index (χ1n) is 10.3. The zero-order chi connectivity index (χ0) is 25.0. The highest BCUT2D eigenvalue weighted by Crippen LogP contribution is 2.34. The van der Waals surface area contributed by atoms with Gasteiger partial charge in [-0.05, 0) is 61.7 Å². The molecule has 180 valence electrons. The van der Waals surface area contributed by atoms with Crippen LogP contribution in [0, 0.1) is 20.8 Å². The normalized spacial score (nSPS) is 11.4. The Bertz CT molecular complexity index is 1220. The van der Waals surface area contributed by atoms with E-state index in [-0.39, 0.29) is 23.5 Å². The highest BCUT2D eigenvalue weighted by atomic mass is 32.2. The second kappa shape index (κ2) is 10.4. The van der Waals surface area contributed by atoms with E-state index < -0.39 is 23.5 Å². The number of aryl methyl sites for hydroxylation is 4. The average molecular weight is 493 g/mol. The zero-order valence-corrected chi connectivity index (χ0v) is 19.9. The predicted octanol–water partition coefficient (Wildman–Crippen LogP) is 6.73. The number of alkyl halides is 3. The van der Waals surface area contributed by atoms with E-state index in [9.17, 15) is 22.8 Å². The Morgan fingerprint density at radius 3 is 2.18 bits per heavy atom. The number of rotatable bonds is 6. The van der Waals surface area contributed by atoms with Gasteiger partial charge < -0.3 is 13.9 Å². The van der Waals surface area contributed by atoms with E-state index in [4.69, 9.17) is 9.15 Å². The van der Waals surface area contributed by atoms with Crippen LogP contribution in [0.25, 0.3) is 11.1 Å². The lowest BCUT2D eigenvalue weighted by Gasteiger charge is -2.15. The Morgan fingerprint density at radius 2 is 1.62 bits per heavy atom. The maximum Gasteiger partial charge on any atom is 0.513 e. The molecule has 0 aliphatic rings.